The highest BCUT2D eigenvalue weighted by Crippen LogP contribution is 2.36. The van der Waals surface area contributed by atoms with E-state index < -0.39 is 16.7 Å². The molecule has 0 aromatic carbocycles. The quantitative estimate of drug-likeness (QED) is 0.496. The van der Waals surface area contributed by atoms with Crippen molar-refractivity contribution < 1.29 is 14.1 Å². The Bertz CT molecular complexity index is 438. The number of carbonyl (C=O) groups excluding carboxylic acids is 1. The number of hydrogen-bond acceptors (Lipinski definition) is 4. The molecule has 86 valence electrons. The molecule has 7 heteroatoms. The standard InChI is InChI=1S/C9H9ClN2O4/c10-5-9(3-4-9)11-8(13)6-1-2-7(16-6)12(14)15/h1-2H,3-5H2,(H,11,13). The van der Waals surface area contributed by atoms with Crippen molar-refractivity contribution in [3.8, 4) is 0 Å². The lowest BCUT2D eigenvalue weighted by Crippen LogP contribution is -2.37. The molecule has 1 aliphatic rings. The summed E-state index contributed by atoms with van der Waals surface area (Å²) >= 11 is 5.69. The van der Waals surface area contributed by atoms with Gasteiger partial charge in [0.1, 0.15) is 4.92 Å². The van der Waals surface area contributed by atoms with Crippen molar-refractivity contribution >= 4 is 23.4 Å². The average molecular weight is 245 g/mol. The molecule has 1 saturated carbocycles. The van der Waals surface area contributed by atoms with E-state index >= 15 is 0 Å². The maximum absolute atomic E-state index is 11.6. The molecule has 0 unspecified atom stereocenters. The van der Waals surface area contributed by atoms with Crippen LogP contribution in [0.25, 0.3) is 0 Å². The Kier molecular flexibility index (Phi) is 2.59. The minimum absolute atomic E-state index is 0.0666. The second kappa shape index (κ2) is 3.79. The number of halogens is 1. The first-order valence-corrected chi connectivity index (χ1v) is 5.22. The fourth-order valence-corrected chi connectivity index (χ4v) is 1.63. The molecule has 0 bridgehead atoms. The third kappa shape index (κ3) is 2.01. The number of nitrogens with zero attached hydrogens (tertiary/aromatic N) is 1. The number of hydrogen-bond donors (Lipinski definition) is 1. The maximum Gasteiger partial charge on any atom is 0.433 e. The summed E-state index contributed by atoms with van der Waals surface area (Å²) in [5.41, 5.74) is -0.347. The Labute approximate surface area is 95.7 Å². The topological polar surface area (TPSA) is 85.4 Å². The number of alkyl halides is 1. The molecule has 6 nitrogen and oxygen atoms in total. The molecular weight excluding hydrogens is 236 g/mol. The third-order valence-electron chi connectivity index (χ3n) is 2.48. The fourth-order valence-electron chi connectivity index (χ4n) is 1.29. The Balaban J connectivity index is 2.06. The number of carbonyl (C=O) groups is 1. The van der Waals surface area contributed by atoms with Gasteiger partial charge in [-0.25, -0.2) is 0 Å². The van der Waals surface area contributed by atoms with E-state index in [0.29, 0.717) is 5.88 Å². The SMILES string of the molecule is O=C(NC1(CCl)CC1)c1ccc([N+](=O)[O-])o1. The molecule has 0 saturated heterocycles. The van der Waals surface area contributed by atoms with Gasteiger partial charge in [0.2, 0.25) is 0 Å². The van der Waals surface area contributed by atoms with Crippen LogP contribution in [0.2, 0.25) is 0 Å². The number of rotatable bonds is 4. The van der Waals surface area contributed by atoms with Gasteiger partial charge in [-0.15, -0.1) is 11.6 Å². The van der Waals surface area contributed by atoms with Gasteiger partial charge in [0.15, 0.2) is 5.76 Å². The Morgan fingerprint density at radius 3 is 2.75 bits per heavy atom. The maximum atomic E-state index is 11.6. The predicted octanol–water partition coefficient (Wildman–Crippen LogP) is 1.69. The highest BCUT2D eigenvalue weighted by Gasteiger charge is 2.43. The summed E-state index contributed by atoms with van der Waals surface area (Å²) in [7, 11) is 0. The first-order valence-electron chi connectivity index (χ1n) is 4.69. The number of nitro groups is 1. The van der Waals surface area contributed by atoms with Gasteiger partial charge in [0.25, 0.3) is 5.91 Å². The monoisotopic (exact) mass is 244 g/mol. The molecule has 0 radical (unpaired) electrons. The largest absolute Gasteiger partial charge is 0.433 e. The summed E-state index contributed by atoms with van der Waals surface area (Å²) in [6.07, 6.45) is 1.65. The van der Waals surface area contributed by atoms with Crippen molar-refractivity contribution in [3.05, 3.63) is 28.0 Å². The first-order chi connectivity index (χ1) is 7.56. The van der Waals surface area contributed by atoms with Crippen LogP contribution in [0.3, 0.4) is 0 Å². The summed E-state index contributed by atoms with van der Waals surface area (Å²) in [6.45, 7) is 0. The van der Waals surface area contributed by atoms with E-state index in [1.807, 2.05) is 0 Å². The van der Waals surface area contributed by atoms with Gasteiger partial charge >= 0.3 is 5.88 Å². The number of amides is 1. The molecule has 2 rings (SSSR count). The van der Waals surface area contributed by atoms with Crippen LogP contribution in [0, 0.1) is 10.1 Å². The summed E-state index contributed by atoms with van der Waals surface area (Å²) in [4.78, 5) is 21.3. The van der Waals surface area contributed by atoms with Crippen molar-refractivity contribution in [2.24, 2.45) is 0 Å². The zero-order valence-electron chi connectivity index (χ0n) is 8.23. The Morgan fingerprint density at radius 1 is 1.62 bits per heavy atom. The van der Waals surface area contributed by atoms with Crippen LogP contribution < -0.4 is 5.32 Å². The Morgan fingerprint density at radius 2 is 2.31 bits per heavy atom. The molecule has 1 aromatic heterocycles. The Hall–Kier alpha value is -1.56. The average Bonchev–Trinajstić information content (AvgIpc) is 2.83. The van der Waals surface area contributed by atoms with E-state index in [-0.39, 0.29) is 11.3 Å². The van der Waals surface area contributed by atoms with E-state index in [2.05, 4.69) is 5.32 Å². The normalized spacial score (nSPS) is 16.8. The van der Waals surface area contributed by atoms with Crippen molar-refractivity contribution in [1.82, 2.24) is 5.32 Å². The molecule has 1 fully saturated rings. The molecule has 1 N–H and O–H groups in total. The van der Waals surface area contributed by atoms with Crippen LogP contribution >= 0.6 is 11.6 Å². The van der Waals surface area contributed by atoms with Crippen molar-refractivity contribution in [2.45, 2.75) is 18.4 Å². The third-order valence-corrected chi connectivity index (χ3v) is 3.00. The summed E-state index contributed by atoms with van der Waals surface area (Å²) < 4.78 is 4.77. The van der Waals surface area contributed by atoms with Gasteiger partial charge in [-0.3, -0.25) is 14.9 Å². The van der Waals surface area contributed by atoms with Gasteiger partial charge in [-0.2, -0.15) is 0 Å². The molecule has 0 aliphatic heterocycles. The summed E-state index contributed by atoms with van der Waals surface area (Å²) in [5, 5.41) is 13.0. The van der Waals surface area contributed by atoms with E-state index in [4.69, 9.17) is 16.0 Å². The van der Waals surface area contributed by atoms with Crippen LogP contribution in [0.1, 0.15) is 23.4 Å². The lowest BCUT2D eigenvalue weighted by atomic mass is 10.3. The van der Waals surface area contributed by atoms with Gasteiger partial charge in [-0.1, -0.05) is 0 Å². The minimum atomic E-state index is -0.689. The number of furan rings is 1. The molecule has 1 amide bonds. The van der Waals surface area contributed by atoms with Crippen LogP contribution in [-0.4, -0.2) is 22.2 Å². The second-order valence-electron chi connectivity index (χ2n) is 3.76. The second-order valence-corrected chi connectivity index (χ2v) is 4.03. The number of nitrogens with one attached hydrogen (secondary N) is 1. The minimum Gasteiger partial charge on any atom is -0.395 e. The summed E-state index contributed by atoms with van der Waals surface area (Å²) in [5.74, 6) is -0.642. The molecular formula is C9H9ClN2O4. The van der Waals surface area contributed by atoms with Crippen molar-refractivity contribution in [3.63, 3.8) is 0 Å². The highest BCUT2D eigenvalue weighted by molar-refractivity contribution is 6.19. The van der Waals surface area contributed by atoms with E-state index in [0.717, 1.165) is 18.9 Å². The smallest absolute Gasteiger partial charge is 0.395 e. The van der Waals surface area contributed by atoms with Crippen LogP contribution in [0.15, 0.2) is 16.5 Å². The zero-order chi connectivity index (χ0) is 11.8. The molecule has 0 atom stereocenters. The van der Waals surface area contributed by atoms with Gasteiger partial charge in [0.05, 0.1) is 11.6 Å². The van der Waals surface area contributed by atoms with Crippen LogP contribution in [0.5, 0.6) is 0 Å². The van der Waals surface area contributed by atoms with E-state index in [9.17, 15) is 14.9 Å². The molecule has 1 aromatic rings. The zero-order valence-corrected chi connectivity index (χ0v) is 8.99. The molecule has 1 heterocycles. The first kappa shape index (κ1) is 10.9. The molecule has 0 spiro atoms. The van der Waals surface area contributed by atoms with Gasteiger partial charge in [0, 0.05) is 5.88 Å². The van der Waals surface area contributed by atoms with Gasteiger partial charge < -0.3 is 9.73 Å². The molecule has 1 aliphatic carbocycles. The van der Waals surface area contributed by atoms with E-state index in [1.54, 1.807) is 0 Å². The highest BCUT2D eigenvalue weighted by atomic mass is 35.5. The van der Waals surface area contributed by atoms with E-state index in [1.165, 1.54) is 6.07 Å². The van der Waals surface area contributed by atoms with Crippen LogP contribution in [-0.2, 0) is 0 Å². The summed E-state index contributed by atoms with van der Waals surface area (Å²) in [6, 6.07) is 2.42. The van der Waals surface area contributed by atoms with Crippen LogP contribution in [0.4, 0.5) is 5.88 Å². The van der Waals surface area contributed by atoms with Gasteiger partial charge in [-0.05, 0) is 18.9 Å². The van der Waals surface area contributed by atoms with Crippen molar-refractivity contribution in [2.75, 3.05) is 5.88 Å². The lowest BCUT2D eigenvalue weighted by Gasteiger charge is -2.11. The van der Waals surface area contributed by atoms with Crippen molar-refractivity contribution in [1.29, 1.82) is 0 Å². The predicted molar refractivity (Wildman–Crippen MR) is 55.5 cm³/mol. The fraction of sp³-hybridized carbons (Fsp3) is 0.444. The lowest BCUT2D eigenvalue weighted by molar-refractivity contribution is -0.402. The molecule has 16 heavy (non-hydrogen) atoms.